The molecule has 1 N–H and O–H groups in total. The van der Waals surface area contributed by atoms with Crippen molar-refractivity contribution in [3.8, 4) is 0 Å². The Morgan fingerprint density at radius 2 is 2.00 bits per heavy atom. The quantitative estimate of drug-likeness (QED) is 0.445. The van der Waals surface area contributed by atoms with E-state index < -0.39 is 10.9 Å². The minimum atomic E-state index is -0.493. The Bertz CT molecular complexity index is 986. The maximum atomic E-state index is 12.1. The molecule has 1 aromatic heterocycles. The molecule has 2 aromatic carbocycles. The number of carbonyl (C=O) groups is 1. The normalized spacial score (nSPS) is 11.4. The van der Waals surface area contributed by atoms with Crippen LogP contribution in [0.3, 0.4) is 0 Å². The maximum absolute atomic E-state index is 12.1. The fourth-order valence-electron chi connectivity index (χ4n) is 2.87. The predicted octanol–water partition coefficient (Wildman–Crippen LogP) is 4.05. The van der Waals surface area contributed by atoms with E-state index in [0.29, 0.717) is 12.3 Å². The van der Waals surface area contributed by atoms with Crippen molar-refractivity contribution < 1.29 is 14.5 Å². The van der Waals surface area contributed by atoms with E-state index in [9.17, 15) is 14.9 Å². The van der Waals surface area contributed by atoms with Gasteiger partial charge in [-0.1, -0.05) is 24.3 Å². The second kappa shape index (κ2) is 6.16. The average Bonchev–Trinajstić information content (AvgIpc) is 2.90. The fourth-order valence-corrected chi connectivity index (χ4v) is 2.87. The minimum Gasteiger partial charge on any atom is -0.461 e. The van der Waals surface area contributed by atoms with Gasteiger partial charge in [0.2, 0.25) is 6.20 Å². The fraction of sp³-hybridized carbons (Fsp3) is 0.167. The van der Waals surface area contributed by atoms with Crippen LogP contribution in [0, 0.1) is 17.0 Å². The van der Waals surface area contributed by atoms with Crippen molar-refractivity contribution in [3.05, 3.63) is 63.5 Å². The SMILES string of the molecule is CCOC(=O)c1[nH]c2c(cc(/C=C/[N+](=O)[O-])c3ccccc32)c1C. The van der Waals surface area contributed by atoms with Gasteiger partial charge < -0.3 is 9.72 Å². The molecule has 0 aliphatic rings. The Balaban J connectivity index is 2.32. The second-order valence-electron chi connectivity index (χ2n) is 5.38. The first kappa shape index (κ1) is 15.7. The molecule has 1 heterocycles. The van der Waals surface area contributed by atoms with Gasteiger partial charge in [-0.3, -0.25) is 10.1 Å². The van der Waals surface area contributed by atoms with Crippen LogP contribution in [0.4, 0.5) is 0 Å². The molecule has 122 valence electrons. The maximum Gasteiger partial charge on any atom is 0.355 e. The summed E-state index contributed by atoms with van der Waals surface area (Å²) in [6.45, 7) is 3.89. The molecule has 3 rings (SSSR count). The largest absolute Gasteiger partial charge is 0.461 e. The first-order chi connectivity index (χ1) is 11.5. The summed E-state index contributed by atoms with van der Waals surface area (Å²) in [6, 6.07) is 9.44. The number of esters is 1. The summed E-state index contributed by atoms with van der Waals surface area (Å²) in [6.07, 6.45) is 2.39. The summed E-state index contributed by atoms with van der Waals surface area (Å²) in [4.78, 5) is 25.4. The number of carbonyl (C=O) groups excluding carboxylic acids is 1. The van der Waals surface area contributed by atoms with E-state index in [1.165, 1.54) is 6.08 Å². The summed E-state index contributed by atoms with van der Waals surface area (Å²) in [5.41, 5.74) is 2.73. The number of aromatic nitrogens is 1. The van der Waals surface area contributed by atoms with Gasteiger partial charge in [-0.05, 0) is 36.4 Å². The number of hydrogen-bond donors (Lipinski definition) is 1. The molecule has 0 atom stereocenters. The van der Waals surface area contributed by atoms with Gasteiger partial charge in [-0.15, -0.1) is 0 Å². The van der Waals surface area contributed by atoms with Gasteiger partial charge in [0.05, 0.1) is 17.0 Å². The first-order valence-electron chi connectivity index (χ1n) is 7.55. The molecule has 24 heavy (non-hydrogen) atoms. The molecule has 0 saturated heterocycles. The highest BCUT2D eigenvalue weighted by Gasteiger charge is 2.18. The number of nitrogens with one attached hydrogen (secondary N) is 1. The van der Waals surface area contributed by atoms with Crippen molar-refractivity contribution in [2.24, 2.45) is 0 Å². The van der Waals surface area contributed by atoms with E-state index >= 15 is 0 Å². The van der Waals surface area contributed by atoms with Crippen molar-refractivity contribution in [1.82, 2.24) is 4.98 Å². The van der Waals surface area contributed by atoms with E-state index in [1.54, 1.807) is 6.92 Å². The summed E-state index contributed by atoms with van der Waals surface area (Å²) in [5, 5.41) is 13.3. The molecule has 0 spiro atoms. The van der Waals surface area contributed by atoms with Gasteiger partial charge in [-0.2, -0.15) is 0 Å². The summed E-state index contributed by atoms with van der Waals surface area (Å²) in [7, 11) is 0. The number of nitro groups is 1. The van der Waals surface area contributed by atoms with Gasteiger partial charge in [-0.25, -0.2) is 4.79 Å². The van der Waals surface area contributed by atoms with Crippen molar-refractivity contribution in [2.75, 3.05) is 6.61 Å². The zero-order valence-corrected chi connectivity index (χ0v) is 13.3. The number of rotatable bonds is 4. The molecular formula is C18H16N2O4. The lowest BCUT2D eigenvalue weighted by atomic mass is 9.99. The summed E-state index contributed by atoms with van der Waals surface area (Å²) in [5.74, 6) is -0.405. The molecule has 0 saturated carbocycles. The minimum absolute atomic E-state index is 0.297. The Morgan fingerprint density at radius 3 is 2.67 bits per heavy atom. The molecule has 6 nitrogen and oxygen atoms in total. The monoisotopic (exact) mass is 324 g/mol. The smallest absolute Gasteiger partial charge is 0.355 e. The standard InChI is InChI=1S/C18H16N2O4/c1-3-24-18(21)16-11(2)15-10-12(8-9-20(22)23)13-6-4-5-7-14(13)17(15)19-16/h4-10,19H,3H2,1-2H3/b9-8+. The van der Waals surface area contributed by atoms with Crippen LogP contribution >= 0.6 is 0 Å². The summed E-state index contributed by atoms with van der Waals surface area (Å²) >= 11 is 0. The van der Waals surface area contributed by atoms with Crippen LogP contribution in [0.25, 0.3) is 27.8 Å². The van der Waals surface area contributed by atoms with Crippen LogP contribution in [-0.4, -0.2) is 22.5 Å². The molecule has 3 aromatic rings. The first-order valence-corrected chi connectivity index (χ1v) is 7.55. The molecule has 0 aliphatic heterocycles. The zero-order valence-electron chi connectivity index (χ0n) is 13.3. The lowest BCUT2D eigenvalue weighted by Crippen LogP contribution is -2.06. The Labute approximate surface area is 137 Å². The third-order valence-electron chi connectivity index (χ3n) is 3.96. The van der Waals surface area contributed by atoms with Gasteiger partial charge in [0, 0.05) is 16.8 Å². The molecule has 0 unspecified atom stereocenters. The van der Waals surface area contributed by atoms with Crippen LogP contribution in [0.2, 0.25) is 0 Å². The highest BCUT2D eigenvalue weighted by molar-refractivity contribution is 6.12. The van der Waals surface area contributed by atoms with E-state index in [1.807, 2.05) is 37.3 Å². The van der Waals surface area contributed by atoms with E-state index in [0.717, 1.165) is 39.0 Å². The zero-order chi connectivity index (χ0) is 17.3. The second-order valence-corrected chi connectivity index (χ2v) is 5.38. The Kier molecular flexibility index (Phi) is 4.04. The van der Waals surface area contributed by atoms with Crippen molar-refractivity contribution in [3.63, 3.8) is 0 Å². The third-order valence-corrected chi connectivity index (χ3v) is 3.96. The lowest BCUT2D eigenvalue weighted by molar-refractivity contribution is -0.400. The highest BCUT2D eigenvalue weighted by atomic mass is 16.6. The third kappa shape index (κ3) is 2.62. The van der Waals surface area contributed by atoms with Crippen molar-refractivity contribution >= 4 is 33.7 Å². The number of benzene rings is 2. The van der Waals surface area contributed by atoms with E-state index in [4.69, 9.17) is 4.74 Å². The van der Waals surface area contributed by atoms with Crippen LogP contribution < -0.4 is 0 Å². The number of ether oxygens (including phenoxy) is 1. The molecule has 0 amide bonds. The number of aromatic amines is 1. The number of H-pyrrole nitrogens is 1. The molecule has 0 bridgehead atoms. The topological polar surface area (TPSA) is 85.2 Å². The van der Waals surface area contributed by atoms with Gasteiger partial charge in [0.25, 0.3) is 0 Å². The molecular weight excluding hydrogens is 308 g/mol. The number of aryl methyl sites for hydroxylation is 1. The number of fused-ring (bicyclic) bond motifs is 3. The summed E-state index contributed by atoms with van der Waals surface area (Å²) < 4.78 is 5.09. The van der Waals surface area contributed by atoms with Gasteiger partial charge >= 0.3 is 5.97 Å². The van der Waals surface area contributed by atoms with Crippen LogP contribution in [0.1, 0.15) is 28.5 Å². The van der Waals surface area contributed by atoms with Crippen LogP contribution in [0.15, 0.2) is 36.5 Å². The molecule has 6 heteroatoms. The molecule has 0 aliphatic carbocycles. The predicted molar refractivity (Wildman–Crippen MR) is 92.5 cm³/mol. The van der Waals surface area contributed by atoms with Crippen molar-refractivity contribution in [2.45, 2.75) is 13.8 Å². The Morgan fingerprint density at radius 1 is 1.29 bits per heavy atom. The number of hydrogen-bond acceptors (Lipinski definition) is 4. The average molecular weight is 324 g/mol. The molecule has 0 fully saturated rings. The Hall–Kier alpha value is -3.15. The number of nitrogens with zero attached hydrogens (tertiary/aromatic N) is 1. The van der Waals surface area contributed by atoms with Gasteiger partial charge in [0.15, 0.2) is 0 Å². The molecule has 0 radical (unpaired) electrons. The van der Waals surface area contributed by atoms with E-state index in [2.05, 4.69) is 4.98 Å². The highest BCUT2D eigenvalue weighted by Crippen LogP contribution is 2.32. The lowest BCUT2D eigenvalue weighted by Gasteiger charge is -2.04. The van der Waals surface area contributed by atoms with E-state index in [-0.39, 0.29) is 0 Å². The van der Waals surface area contributed by atoms with Crippen LogP contribution in [0.5, 0.6) is 0 Å². The van der Waals surface area contributed by atoms with Crippen LogP contribution in [-0.2, 0) is 4.74 Å². The van der Waals surface area contributed by atoms with Crippen molar-refractivity contribution in [1.29, 1.82) is 0 Å². The van der Waals surface area contributed by atoms with Gasteiger partial charge in [0.1, 0.15) is 5.69 Å².